The van der Waals surface area contributed by atoms with Gasteiger partial charge in [-0.3, -0.25) is 4.79 Å². The van der Waals surface area contributed by atoms with Gasteiger partial charge in [-0.2, -0.15) is 10.2 Å². The van der Waals surface area contributed by atoms with Crippen molar-refractivity contribution in [2.75, 3.05) is 13.2 Å². The van der Waals surface area contributed by atoms with Gasteiger partial charge in [-0.1, -0.05) is 55.5 Å². The number of benzene rings is 4. The fourth-order valence-electron chi connectivity index (χ4n) is 4.08. The summed E-state index contributed by atoms with van der Waals surface area (Å²) < 4.78 is 18.9. The summed E-state index contributed by atoms with van der Waals surface area (Å²) >= 11 is 0. The second kappa shape index (κ2) is 14.3. The lowest BCUT2D eigenvalue weighted by atomic mass is 10.1. The number of para-hydroxylation sites is 1. The number of nitrogens with zero attached hydrogens (tertiary/aromatic N) is 3. The van der Waals surface area contributed by atoms with Crippen LogP contribution in [0, 0.1) is 0 Å². The minimum atomic E-state index is -0.384. The van der Waals surface area contributed by atoms with Crippen molar-refractivity contribution in [1.82, 2.24) is 15.2 Å². The third kappa shape index (κ3) is 7.85. The lowest BCUT2D eigenvalue weighted by Crippen LogP contribution is -2.24. The van der Waals surface area contributed by atoms with Crippen LogP contribution in [0.25, 0.3) is 16.9 Å². The highest BCUT2D eigenvalue weighted by atomic mass is 16.5. The average molecular weight is 561 g/mol. The van der Waals surface area contributed by atoms with E-state index in [2.05, 4.69) is 17.5 Å². The number of aromatic nitrogens is 2. The van der Waals surface area contributed by atoms with E-state index in [0.717, 1.165) is 46.0 Å². The third-order valence-electron chi connectivity index (χ3n) is 6.20. The summed E-state index contributed by atoms with van der Waals surface area (Å²) in [7, 11) is 0. The number of hydrogen-bond acceptors (Lipinski definition) is 6. The van der Waals surface area contributed by atoms with Gasteiger partial charge in [0.2, 0.25) is 0 Å². The topological polar surface area (TPSA) is 87.0 Å². The Labute approximate surface area is 245 Å². The van der Waals surface area contributed by atoms with Crippen molar-refractivity contribution in [1.29, 1.82) is 0 Å². The fraction of sp³-hybridized carbons (Fsp3) is 0.147. The van der Waals surface area contributed by atoms with E-state index >= 15 is 0 Å². The van der Waals surface area contributed by atoms with Crippen LogP contribution in [-0.4, -0.2) is 35.1 Å². The zero-order chi connectivity index (χ0) is 29.0. The summed E-state index contributed by atoms with van der Waals surface area (Å²) in [6.45, 7) is 3.03. The summed E-state index contributed by atoms with van der Waals surface area (Å²) in [6, 6.07) is 34.7. The van der Waals surface area contributed by atoms with Crippen LogP contribution >= 0.6 is 0 Å². The summed E-state index contributed by atoms with van der Waals surface area (Å²) in [5.74, 6) is 1.69. The van der Waals surface area contributed by atoms with E-state index in [1.54, 1.807) is 23.0 Å². The molecule has 5 aromatic rings. The molecule has 0 fully saturated rings. The molecule has 5 rings (SSSR count). The van der Waals surface area contributed by atoms with E-state index in [0.29, 0.717) is 19.0 Å². The predicted molar refractivity (Wildman–Crippen MR) is 163 cm³/mol. The van der Waals surface area contributed by atoms with Gasteiger partial charge < -0.3 is 14.2 Å². The van der Waals surface area contributed by atoms with Crippen LogP contribution < -0.4 is 19.6 Å². The summed E-state index contributed by atoms with van der Waals surface area (Å²) in [5, 5.41) is 8.96. The number of amides is 1. The minimum Gasteiger partial charge on any atom is -0.494 e. The lowest BCUT2D eigenvalue weighted by molar-refractivity contribution is -0.123. The van der Waals surface area contributed by atoms with Crippen molar-refractivity contribution in [2.24, 2.45) is 5.10 Å². The van der Waals surface area contributed by atoms with Gasteiger partial charge in [0.1, 0.15) is 29.5 Å². The molecule has 0 atom stereocenters. The molecule has 1 N–H and O–H groups in total. The zero-order valence-corrected chi connectivity index (χ0v) is 23.4. The predicted octanol–water partition coefficient (Wildman–Crippen LogP) is 6.44. The second-order valence-corrected chi connectivity index (χ2v) is 9.41. The molecule has 0 aliphatic carbocycles. The van der Waals surface area contributed by atoms with Crippen molar-refractivity contribution in [3.8, 4) is 34.2 Å². The molecule has 0 bridgehead atoms. The van der Waals surface area contributed by atoms with E-state index < -0.39 is 0 Å². The van der Waals surface area contributed by atoms with Gasteiger partial charge in [-0.25, -0.2) is 10.1 Å². The van der Waals surface area contributed by atoms with E-state index in [1.165, 1.54) is 0 Å². The number of hydrogen-bond donors (Lipinski definition) is 1. The highest BCUT2D eigenvalue weighted by molar-refractivity contribution is 5.89. The normalized spacial score (nSPS) is 10.9. The van der Waals surface area contributed by atoms with Gasteiger partial charge in [0, 0.05) is 17.3 Å². The van der Waals surface area contributed by atoms with Crippen molar-refractivity contribution in [2.45, 2.75) is 20.0 Å². The Balaban J connectivity index is 1.19. The Hall–Kier alpha value is -5.37. The number of ether oxygens (including phenoxy) is 3. The minimum absolute atomic E-state index is 0.184. The molecule has 1 heterocycles. The van der Waals surface area contributed by atoms with Crippen LogP contribution in [0.3, 0.4) is 0 Å². The first-order valence-corrected chi connectivity index (χ1v) is 13.8. The first-order valence-electron chi connectivity index (χ1n) is 13.8. The summed E-state index contributed by atoms with van der Waals surface area (Å²) in [6.07, 6.45) is 4.40. The van der Waals surface area contributed by atoms with Crippen molar-refractivity contribution < 1.29 is 19.0 Å². The van der Waals surface area contributed by atoms with Crippen LogP contribution in [0.1, 0.15) is 24.5 Å². The number of rotatable bonds is 13. The Morgan fingerprint density at radius 3 is 2.12 bits per heavy atom. The molecular formula is C34H32N4O4. The summed E-state index contributed by atoms with van der Waals surface area (Å²) in [4.78, 5) is 12.4. The highest BCUT2D eigenvalue weighted by Crippen LogP contribution is 2.25. The molecule has 0 aliphatic rings. The van der Waals surface area contributed by atoms with Gasteiger partial charge in [0.05, 0.1) is 18.5 Å². The molecule has 0 saturated carbocycles. The van der Waals surface area contributed by atoms with Gasteiger partial charge in [-0.05, 0) is 72.6 Å². The maximum atomic E-state index is 12.4. The average Bonchev–Trinajstić information content (AvgIpc) is 3.47. The maximum Gasteiger partial charge on any atom is 0.277 e. The molecule has 1 aromatic heterocycles. The highest BCUT2D eigenvalue weighted by Gasteiger charge is 2.12. The quantitative estimate of drug-likeness (QED) is 0.132. The van der Waals surface area contributed by atoms with E-state index in [1.807, 2.05) is 103 Å². The second-order valence-electron chi connectivity index (χ2n) is 9.41. The maximum absolute atomic E-state index is 12.4. The first kappa shape index (κ1) is 28.2. The molecular weight excluding hydrogens is 528 g/mol. The van der Waals surface area contributed by atoms with Crippen LogP contribution in [0.15, 0.2) is 120 Å². The largest absolute Gasteiger partial charge is 0.494 e. The third-order valence-corrected chi connectivity index (χ3v) is 6.20. The van der Waals surface area contributed by atoms with Gasteiger partial charge in [0.25, 0.3) is 5.91 Å². The molecule has 0 radical (unpaired) electrons. The first-order chi connectivity index (χ1) is 20.7. The van der Waals surface area contributed by atoms with Gasteiger partial charge >= 0.3 is 0 Å². The molecule has 212 valence electrons. The Kier molecular flexibility index (Phi) is 9.60. The molecule has 0 unspecified atom stereocenters. The molecule has 4 aromatic carbocycles. The zero-order valence-electron chi connectivity index (χ0n) is 23.4. The number of carbonyl (C=O) groups excluding carboxylic acids is 1. The van der Waals surface area contributed by atoms with Crippen molar-refractivity contribution >= 4 is 12.1 Å². The lowest BCUT2D eigenvalue weighted by Gasteiger charge is -2.08. The molecule has 0 spiro atoms. The molecule has 0 aliphatic heterocycles. The monoisotopic (exact) mass is 560 g/mol. The standard InChI is InChI=1S/C34H32N4O4/c1-2-21-40-30-15-13-27(14-16-30)34-28(23-38(37-34)29-11-7-4-8-12-29)22-35-36-33(39)25-42-32-19-17-31(18-20-32)41-24-26-9-5-3-6-10-26/h3-20,22-23H,2,21,24-25H2,1H3,(H,36,39)/b35-22-. The molecule has 0 saturated heterocycles. The Morgan fingerprint density at radius 1 is 0.810 bits per heavy atom. The molecule has 8 nitrogen and oxygen atoms in total. The summed E-state index contributed by atoms with van der Waals surface area (Å²) in [5.41, 5.74) is 6.91. The van der Waals surface area contributed by atoms with E-state index in [-0.39, 0.29) is 12.5 Å². The van der Waals surface area contributed by atoms with Crippen molar-refractivity contribution in [3.05, 3.63) is 127 Å². The van der Waals surface area contributed by atoms with Gasteiger partial charge in [0.15, 0.2) is 6.61 Å². The number of carbonyl (C=O) groups is 1. The van der Waals surface area contributed by atoms with E-state index in [9.17, 15) is 4.79 Å². The SMILES string of the molecule is CCCOc1ccc(-c2nn(-c3ccccc3)cc2/C=N\NC(=O)COc2ccc(OCc3ccccc3)cc2)cc1. The van der Waals surface area contributed by atoms with Crippen LogP contribution in [0.4, 0.5) is 0 Å². The van der Waals surface area contributed by atoms with Gasteiger partial charge in [-0.15, -0.1) is 0 Å². The number of hydrazone groups is 1. The fourth-order valence-corrected chi connectivity index (χ4v) is 4.08. The smallest absolute Gasteiger partial charge is 0.277 e. The molecule has 1 amide bonds. The van der Waals surface area contributed by atoms with Crippen molar-refractivity contribution in [3.63, 3.8) is 0 Å². The van der Waals surface area contributed by atoms with Crippen LogP contribution in [0.5, 0.6) is 17.2 Å². The van der Waals surface area contributed by atoms with E-state index in [4.69, 9.17) is 19.3 Å². The molecule has 42 heavy (non-hydrogen) atoms. The van der Waals surface area contributed by atoms with Crippen LogP contribution in [-0.2, 0) is 11.4 Å². The molecule has 8 heteroatoms. The number of nitrogens with one attached hydrogen (secondary N) is 1. The Morgan fingerprint density at radius 2 is 1.43 bits per heavy atom. The Bertz CT molecular complexity index is 1580. The van der Waals surface area contributed by atoms with Crippen LogP contribution in [0.2, 0.25) is 0 Å².